The number of H-pyrrole nitrogens is 1. The summed E-state index contributed by atoms with van der Waals surface area (Å²) in [5.74, 6) is 1.29. The van der Waals surface area contributed by atoms with Gasteiger partial charge in [0.1, 0.15) is 0 Å². The number of benzene rings is 1. The maximum atomic E-state index is 12.8. The molecule has 0 saturated carbocycles. The lowest BCUT2D eigenvalue weighted by atomic mass is 9.87. The van der Waals surface area contributed by atoms with Crippen LogP contribution in [0.25, 0.3) is 22.2 Å². The molecule has 2 saturated heterocycles. The second kappa shape index (κ2) is 9.77. The van der Waals surface area contributed by atoms with Crippen LogP contribution in [0.1, 0.15) is 80.8 Å². The van der Waals surface area contributed by atoms with Crippen molar-refractivity contribution in [3.05, 3.63) is 52.8 Å². The zero-order valence-electron chi connectivity index (χ0n) is 22.0. The Labute approximate surface area is 209 Å². The number of pyridine rings is 1. The third kappa shape index (κ3) is 4.88. The van der Waals surface area contributed by atoms with E-state index in [9.17, 15) is 4.79 Å². The number of hydrogen-bond donors (Lipinski definition) is 1. The Bertz CT molecular complexity index is 1200. The summed E-state index contributed by atoms with van der Waals surface area (Å²) >= 11 is 0. The van der Waals surface area contributed by atoms with Gasteiger partial charge >= 0.3 is 0 Å². The van der Waals surface area contributed by atoms with E-state index in [1.807, 2.05) is 0 Å². The van der Waals surface area contributed by atoms with Crippen molar-refractivity contribution in [2.24, 2.45) is 0 Å². The SMILES string of the molecule is Cc1cc(-c2[nH]c3ccc(C4CCN(CC(=O)N5CCCC5C)CC4)cc3c2C(C)C)cc(C)n1. The third-order valence-electron chi connectivity index (χ3n) is 8.10. The summed E-state index contributed by atoms with van der Waals surface area (Å²) in [7, 11) is 0. The fourth-order valence-electron chi connectivity index (χ4n) is 6.30. The standard InChI is InChI=1S/C30H40N4O/c1-19(2)29-26-17-24(8-9-27(26)32-30(29)25-15-20(3)31-21(4)16-25)23-10-13-33(14-11-23)18-28(35)34-12-6-7-22(34)5/h8-9,15-17,19,22-23,32H,6-7,10-14,18H2,1-5H3. The number of carbonyl (C=O) groups is 1. The molecule has 1 N–H and O–H groups in total. The molecule has 2 aliphatic rings. The molecule has 35 heavy (non-hydrogen) atoms. The monoisotopic (exact) mass is 472 g/mol. The van der Waals surface area contributed by atoms with Gasteiger partial charge in [-0.1, -0.05) is 19.9 Å². The Hall–Kier alpha value is -2.66. The number of hydrogen-bond acceptors (Lipinski definition) is 3. The number of nitrogens with zero attached hydrogens (tertiary/aromatic N) is 3. The normalized spacial score (nSPS) is 19.8. The molecule has 186 valence electrons. The molecule has 0 radical (unpaired) electrons. The molecule has 2 aliphatic heterocycles. The highest BCUT2D eigenvalue weighted by molar-refractivity contribution is 5.92. The molecular weight excluding hydrogens is 432 g/mol. The molecule has 5 nitrogen and oxygen atoms in total. The average molecular weight is 473 g/mol. The molecule has 1 atom stereocenters. The van der Waals surface area contributed by atoms with Crippen LogP contribution in [0.3, 0.4) is 0 Å². The number of likely N-dealkylation sites (tertiary alicyclic amines) is 2. The number of piperidine rings is 1. The van der Waals surface area contributed by atoms with E-state index in [0.29, 0.717) is 30.3 Å². The van der Waals surface area contributed by atoms with Gasteiger partial charge in [0, 0.05) is 40.4 Å². The van der Waals surface area contributed by atoms with Crippen LogP contribution in [0.5, 0.6) is 0 Å². The summed E-state index contributed by atoms with van der Waals surface area (Å²) in [5, 5.41) is 1.35. The predicted molar refractivity (Wildman–Crippen MR) is 144 cm³/mol. The van der Waals surface area contributed by atoms with Gasteiger partial charge in [-0.25, -0.2) is 0 Å². The molecule has 1 unspecified atom stereocenters. The number of aryl methyl sites for hydroxylation is 2. The summed E-state index contributed by atoms with van der Waals surface area (Å²) in [6.07, 6.45) is 4.53. The number of fused-ring (bicyclic) bond motifs is 1. The van der Waals surface area contributed by atoms with Crippen molar-refractivity contribution < 1.29 is 4.79 Å². The minimum atomic E-state index is 0.317. The molecule has 1 aromatic carbocycles. The Kier molecular flexibility index (Phi) is 6.71. The maximum absolute atomic E-state index is 12.8. The van der Waals surface area contributed by atoms with Crippen LogP contribution in [0.2, 0.25) is 0 Å². The van der Waals surface area contributed by atoms with Gasteiger partial charge < -0.3 is 9.88 Å². The van der Waals surface area contributed by atoms with Crippen molar-refractivity contribution in [3.63, 3.8) is 0 Å². The predicted octanol–water partition coefficient (Wildman–Crippen LogP) is 6.16. The topological polar surface area (TPSA) is 52.2 Å². The van der Waals surface area contributed by atoms with Gasteiger partial charge in [0.05, 0.1) is 12.2 Å². The number of aromatic amines is 1. The van der Waals surface area contributed by atoms with Gasteiger partial charge in [-0.05, 0) is 107 Å². The van der Waals surface area contributed by atoms with Crippen LogP contribution in [0.4, 0.5) is 0 Å². The van der Waals surface area contributed by atoms with E-state index >= 15 is 0 Å². The molecule has 0 aliphatic carbocycles. The number of nitrogens with one attached hydrogen (secondary N) is 1. The first kappa shape index (κ1) is 24.1. The van der Waals surface area contributed by atoms with Crippen molar-refractivity contribution >= 4 is 16.8 Å². The molecule has 5 rings (SSSR count). The highest BCUT2D eigenvalue weighted by atomic mass is 16.2. The lowest BCUT2D eigenvalue weighted by Gasteiger charge is -2.33. The van der Waals surface area contributed by atoms with Gasteiger partial charge in [0.2, 0.25) is 5.91 Å². The minimum absolute atomic E-state index is 0.317. The summed E-state index contributed by atoms with van der Waals surface area (Å²) in [6.45, 7) is 14.4. The van der Waals surface area contributed by atoms with Crippen LogP contribution < -0.4 is 0 Å². The summed E-state index contributed by atoms with van der Waals surface area (Å²) in [5.41, 5.74) is 8.60. The zero-order valence-corrected chi connectivity index (χ0v) is 22.0. The first-order valence-electron chi connectivity index (χ1n) is 13.4. The maximum Gasteiger partial charge on any atom is 0.236 e. The minimum Gasteiger partial charge on any atom is -0.354 e. The van der Waals surface area contributed by atoms with E-state index in [-0.39, 0.29) is 0 Å². The van der Waals surface area contributed by atoms with E-state index in [2.05, 4.69) is 84.7 Å². The Morgan fingerprint density at radius 2 is 1.77 bits per heavy atom. The molecule has 1 amide bonds. The van der Waals surface area contributed by atoms with Crippen molar-refractivity contribution in [3.8, 4) is 11.3 Å². The van der Waals surface area contributed by atoms with Gasteiger partial charge in [-0.2, -0.15) is 0 Å². The first-order chi connectivity index (χ1) is 16.8. The summed E-state index contributed by atoms with van der Waals surface area (Å²) in [6, 6.07) is 11.8. The summed E-state index contributed by atoms with van der Waals surface area (Å²) in [4.78, 5) is 25.5. The van der Waals surface area contributed by atoms with Gasteiger partial charge in [0.25, 0.3) is 0 Å². The Balaban J connectivity index is 1.34. The molecular formula is C30H40N4O. The third-order valence-corrected chi connectivity index (χ3v) is 8.10. The van der Waals surface area contributed by atoms with E-state index in [1.165, 1.54) is 33.3 Å². The molecule has 2 aromatic heterocycles. The molecule has 5 heteroatoms. The van der Waals surface area contributed by atoms with E-state index < -0.39 is 0 Å². The quantitative estimate of drug-likeness (QED) is 0.484. The second-order valence-electron chi connectivity index (χ2n) is 11.1. The van der Waals surface area contributed by atoms with Crippen molar-refractivity contribution in [1.29, 1.82) is 0 Å². The smallest absolute Gasteiger partial charge is 0.236 e. The van der Waals surface area contributed by atoms with Crippen LogP contribution >= 0.6 is 0 Å². The van der Waals surface area contributed by atoms with Crippen molar-refractivity contribution in [2.45, 2.75) is 78.2 Å². The summed E-state index contributed by atoms with van der Waals surface area (Å²) < 4.78 is 0. The Morgan fingerprint density at radius 3 is 2.40 bits per heavy atom. The van der Waals surface area contributed by atoms with Crippen molar-refractivity contribution in [1.82, 2.24) is 19.8 Å². The van der Waals surface area contributed by atoms with Crippen LogP contribution in [-0.2, 0) is 4.79 Å². The molecule has 0 bridgehead atoms. The van der Waals surface area contributed by atoms with Crippen LogP contribution in [-0.4, -0.2) is 57.9 Å². The fourth-order valence-corrected chi connectivity index (χ4v) is 6.30. The Morgan fingerprint density at radius 1 is 1.06 bits per heavy atom. The zero-order chi connectivity index (χ0) is 24.7. The van der Waals surface area contributed by atoms with E-state index in [4.69, 9.17) is 0 Å². The number of amides is 1. The van der Waals surface area contributed by atoms with E-state index in [0.717, 1.165) is 56.7 Å². The van der Waals surface area contributed by atoms with Gasteiger partial charge in [0.15, 0.2) is 0 Å². The second-order valence-corrected chi connectivity index (χ2v) is 11.1. The molecule has 3 aromatic rings. The lowest BCUT2D eigenvalue weighted by Crippen LogP contribution is -2.44. The van der Waals surface area contributed by atoms with E-state index in [1.54, 1.807) is 0 Å². The van der Waals surface area contributed by atoms with Gasteiger partial charge in [-0.15, -0.1) is 0 Å². The highest BCUT2D eigenvalue weighted by Crippen LogP contribution is 2.38. The molecule has 2 fully saturated rings. The highest BCUT2D eigenvalue weighted by Gasteiger charge is 2.28. The van der Waals surface area contributed by atoms with Crippen molar-refractivity contribution in [2.75, 3.05) is 26.2 Å². The molecule has 4 heterocycles. The number of rotatable bonds is 5. The van der Waals surface area contributed by atoms with Gasteiger partial charge in [-0.3, -0.25) is 14.7 Å². The fraction of sp³-hybridized carbons (Fsp3) is 0.533. The lowest BCUT2D eigenvalue weighted by molar-refractivity contribution is -0.133. The average Bonchev–Trinajstić information content (AvgIpc) is 3.42. The largest absolute Gasteiger partial charge is 0.354 e. The number of aromatic nitrogens is 2. The molecule has 0 spiro atoms. The first-order valence-corrected chi connectivity index (χ1v) is 13.4. The number of carbonyl (C=O) groups excluding carboxylic acids is 1. The van der Waals surface area contributed by atoms with Crippen LogP contribution in [0, 0.1) is 13.8 Å². The van der Waals surface area contributed by atoms with Crippen LogP contribution in [0.15, 0.2) is 30.3 Å².